The highest BCUT2D eigenvalue weighted by Crippen LogP contribution is 2.29. The van der Waals surface area contributed by atoms with Gasteiger partial charge >= 0.3 is 17.8 Å². The van der Waals surface area contributed by atoms with Crippen LogP contribution in [0.5, 0.6) is 11.5 Å². The SMILES string of the molecule is COc1ccc(CN(C)C(=O)CN2C(=O)C(=O)N(C3CCCC3)C2=O)cc1OC. The summed E-state index contributed by atoms with van der Waals surface area (Å²) in [6.07, 6.45) is 3.24. The van der Waals surface area contributed by atoms with Gasteiger partial charge in [0.15, 0.2) is 11.5 Å². The van der Waals surface area contributed by atoms with Gasteiger partial charge in [-0.3, -0.25) is 19.3 Å². The van der Waals surface area contributed by atoms with Crippen molar-refractivity contribution in [1.29, 1.82) is 0 Å². The largest absolute Gasteiger partial charge is 0.493 e. The molecule has 0 bridgehead atoms. The topological polar surface area (TPSA) is 96.5 Å². The molecule has 3 rings (SSSR count). The molecule has 9 nitrogen and oxygen atoms in total. The second-order valence-electron chi connectivity index (χ2n) is 7.23. The zero-order chi connectivity index (χ0) is 21.1. The first kappa shape index (κ1) is 20.6. The van der Waals surface area contributed by atoms with Gasteiger partial charge in [0.1, 0.15) is 6.54 Å². The number of carbonyl (C=O) groups excluding carboxylic acids is 4. The molecule has 1 saturated heterocycles. The maximum Gasteiger partial charge on any atom is 0.334 e. The van der Waals surface area contributed by atoms with Crippen LogP contribution < -0.4 is 9.47 Å². The second-order valence-corrected chi connectivity index (χ2v) is 7.23. The highest BCUT2D eigenvalue weighted by molar-refractivity contribution is 6.45. The monoisotopic (exact) mass is 403 g/mol. The van der Waals surface area contributed by atoms with Crippen LogP contribution in [-0.4, -0.2) is 72.3 Å². The van der Waals surface area contributed by atoms with Gasteiger partial charge < -0.3 is 14.4 Å². The number of benzene rings is 1. The molecule has 5 amide bonds. The van der Waals surface area contributed by atoms with E-state index in [-0.39, 0.29) is 12.6 Å². The Bertz CT molecular complexity index is 834. The van der Waals surface area contributed by atoms with Gasteiger partial charge in [-0.15, -0.1) is 0 Å². The quantitative estimate of drug-likeness (QED) is 0.504. The fraction of sp³-hybridized carbons (Fsp3) is 0.500. The molecule has 0 radical (unpaired) electrons. The van der Waals surface area contributed by atoms with Crippen LogP contribution in [-0.2, 0) is 20.9 Å². The molecule has 2 aliphatic rings. The van der Waals surface area contributed by atoms with E-state index in [9.17, 15) is 19.2 Å². The van der Waals surface area contributed by atoms with Crippen molar-refractivity contribution in [3.8, 4) is 11.5 Å². The van der Waals surface area contributed by atoms with Gasteiger partial charge in [0.05, 0.1) is 14.2 Å². The minimum absolute atomic E-state index is 0.246. The van der Waals surface area contributed by atoms with E-state index in [1.54, 1.807) is 25.2 Å². The fourth-order valence-corrected chi connectivity index (χ4v) is 3.74. The summed E-state index contributed by atoms with van der Waals surface area (Å²) in [7, 11) is 4.63. The van der Waals surface area contributed by atoms with E-state index in [1.807, 2.05) is 0 Å². The van der Waals surface area contributed by atoms with Crippen LogP contribution in [0.15, 0.2) is 18.2 Å². The standard InChI is InChI=1S/C20H25N3O6/c1-21(11-13-8-9-15(28-2)16(10-13)29-3)17(24)12-22-18(25)19(26)23(20(22)27)14-6-4-5-7-14/h8-10,14H,4-7,11-12H2,1-3H3. The molecule has 1 aliphatic carbocycles. The molecular formula is C20H25N3O6. The lowest BCUT2D eigenvalue weighted by molar-refractivity contribution is -0.145. The van der Waals surface area contributed by atoms with Crippen molar-refractivity contribution in [3.05, 3.63) is 23.8 Å². The first-order chi connectivity index (χ1) is 13.9. The number of carbonyl (C=O) groups is 4. The Hall–Kier alpha value is -3.10. The number of amides is 5. The maximum atomic E-state index is 12.6. The van der Waals surface area contributed by atoms with E-state index in [0.29, 0.717) is 24.3 Å². The molecule has 0 N–H and O–H groups in total. The lowest BCUT2D eigenvalue weighted by atomic mass is 10.2. The van der Waals surface area contributed by atoms with Crippen LogP contribution in [0, 0.1) is 0 Å². The van der Waals surface area contributed by atoms with E-state index in [2.05, 4.69) is 0 Å². The summed E-state index contributed by atoms with van der Waals surface area (Å²) in [4.78, 5) is 52.9. The summed E-state index contributed by atoms with van der Waals surface area (Å²) < 4.78 is 10.5. The molecule has 1 aromatic rings. The van der Waals surface area contributed by atoms with Gasteiger partial charge in [0, 0.05) is 19.6 Å². The van der Waals surface area contributed by atoms with Crippen LogP contribution in [0.2, 0.25) is 0 Å². The highest BCUT2D eigenvalue weighted by atomic mass is 16.5. The van der Waals surface area contributed by atoms with Crippen LogP contribution in [0.3, 0.4) is 0 Å². The number of methoxy groups -OCH3 is 2. The molecule has 1 saturated carbocycles. The number of imide groups is 2. The summed E-state index contributed by atoms with van der Waals surface area (Å²) in [6, 6.07) is 4.34. The van der Waals surface area contributed by atoms with Crippen molar-refractivity contribution in [2.24, 2.45) is 0 Å². The number of nitrogens with zero attached hydrogens (tertiary/aromatic N) is 3. The van der Waals surface area contributed by atoms with Crippen molar-refractivity contribution in [2.45, 2.75) is 38.3 Å². The zero-order valence-corrected chi connectivity index (χ0v) is 16.8. The van der Waals surface area contributed by atoms with E-state index in [0.717, 1.165) is 28.2 Å². The third-order valence-corrected chi connectivity index (χ3v) is 5.36. The van der Waals surface area contributed by atoms with Gasteiger partial charge in [-0.2, -0.15) is 0 Å². The molecule has 0 aromatic heterocycles. The van der Waals surface area contributed by atoms with E-state index >= 15 is 0 Å². The minimum atomic E-state index is -0.935. The summed E-state index contributed by atoms with van der Waals surface area (Å²) in [5.41, 5.74) is 0.793. The molecule has 1 aliphatic heterocycles. The van der Waals surface area contributed by atoms with E-state index < -0.39 is 30.3 Å². The number of hydrogen-bond acceptors (Lipinski definition) is 6. The van der Waals surface area contributed by atoms with Crippen molar-refractivity contribution >= 4 is 23.8 Å². The highest BCUT2D eigenvalue weighted by Gasteiger charge is 2.48. The molecule has 0 atom stereocenters. The lowest BCUT2D eigenvalue weighted by Crippen LogP contribution is -2.43. The molecular weight excluding hydrogens is 378 g/mol. The van der Waals surface area contributed by atoms with Gasteiger partial charge in [-0.25, -0.2) is 9.69 Å². The van der Waals surface area contributed by atoms with Gasteiger partial charge in [-0.05, 0) is 30.5 Å². The van der Waals surface area contributed by atoms with E-state index in [1.165, 1.54) is 19.1 Å². The summed E-state index contributed by atoms with van der Waals surface area (Å²) >= 11 is 0. The zero-order valence-electron chi connectivity index (χ0n) is 16.8. The Morgan fingerprint density at radius 3 is 2.34 bits per heavy atom. The van der Waals surface area contributed by atoms with Crippen LogP contribution in [0.25, 0.3) is 0 Å². The third kappa shape index (κ3) is 4.03. The fourth-order valence-electron chi connectivity index (χ4n) is 3.74. The van der Waals surface area contributed by atoms with Crippen molar-refractivity contribution in [3.63, 3.8) is 0 Å². The summed E-state index contributed by atoms with van der Waals surface area (Å²) in [6.45, 7) is -0.216. The first-order valence-electron chi connectivity index (χ1n) is 9.51. The number of rotatable bonds is 7. The predicted molar refractivity (Wildman–Crippen MR) is 102 cm³/mol. The summed E-state index contributed by atoms with van der Waals surface area (Å²) in [5.74, 6) is -1.10. The maximum absolute atomic E-state index is 12.6. The molecule has 156 valence electrons. The number of ether oxygens (including phenoxy) is 2. The Morgan fingerprint density at radius 1 is 1.07 bits per heavy atom. The molecule has 0 spiro atoms. The molecule has 2 fully saturated rings. The Kier molecular flexibility index (Phi) is 6.05. The first-order valence-corrected chi connectivity index (χ1v) is 9.51. The number of likely N-dealkylation sites (N-methyl/N-ethyl adjacent to an activating group) is 1. The normalized spacial score (nSPS) is 17.3. The number of hydrogen-bond donors (Lipinski definition) is 0. The molecule has 1 aromatic carbocycles. The van der Waals surface area contributed by atoms with Gasteiger partial charge in [0.25, 0.3) is 0 Å². The Labute approximate surface area is 169 Å². The second kappa shape index (κ2) is 8.50. The van der Waals surface area contributed by atoms with Crippen molar-refractivity contribution in [1.82, 2.24) is 14.7 Å². The minimum Gasteiger partial charge on any atom is -0.493 e. The lowest BCUT2D eigenvalue weighted by Gasteiger charge is -2.23. The smallest absolute Gasteiger partial charge is 0.334 e. The average Bonchev–Trinajstić information content (AvgIpc) is 3.31. The molecule has 1 heterocycles. The van der Waals surface area contributed by atoms with Gasteiger partial charge in [-0.1, -0.05) is 18.9 Å². The van der Waals surface area contributed by atoms with Gasteiger partial charge in [0.2, 0.25) is 5.91 Å². The van der Waals surface area contributed by atoms with Crippen molar-refractivity contribution < 1.29 is 28.7 Å². The van der Waals surface area contributed by atoms with E-state index in [4.69, 9.17) is 9.47 Å². The third-order valence-electron chi connectivity index (χ3n) is 5.36. The average molecular weight is 403 g/mol. The predicted octanol–water partition coefficient (Wildman–Crippen LogP) is 1.40. The van der Waals surface area contributed by atoms with Crippen LogP contribution in [0.1, 0.15) is 31.2 Å². The van der Waals surface area contributed by atoms with Crippen molar-refractivity contribution in [2.75, 3.05) is 27.8 Å². The summed E-state index contributed by atoms with van der Waals surface area (Å²) in [5, 5.41) is 0. The molecule has 0 unspecified atom stereocenters. The number of urea groups is 1. The molecule has 29 heavy (non-hydrogen) atoms. The Morgan fingerprint density at radius 2 is 1.72 bits per heavy atom. The molecule has 9 heteroatoms. The van der Waals surface area contributed by atoms with Crippen LogP contribution in [0.4, 0.5) is 4.79 Å². The van der Waals surface area contributed by atoms with Crippen LogP contribution >= 0.6 is 0 Å². The Balaban J connectivity index is 1.65.